The lowest BCUT2D eigenvalue weighted by molar-refractivity contribution is -0.0158. The molecule has 114 valence electrons. The van der Waals surface area contributed by atoms with Crippen molar-refractivity contribution in [2.45, 2.75) is 19.0 Å². The van der Waals surface area contributed by atoms with Gasteiger partial charge in [0.15, 0.2) is 0 Å². The summed E-state index contributed by atoms with van der Waals surface area (Å²) in [5.74, 6) is -3.83. The normalized spacial score (nSPS) is 13.3. The standard InChI is InChI=1S/C14H11F2N3O2S/c1-14(15,16)13-18-12(19-21-13)9-4-2-8(3-5-9)11(20)10-6-22-7-17-10/h2-7,11,20H,1H3. The van der Waals surface area contributed by atoms with Crippen molar-refractivity contribution < 1.29 is 18.4 Å². The molecule has 0 aliphatic heterocycles. The highest BCUT2D eigenvalue weighted by molar-refractivity contribution is 7.07. The summed E-state index contributed by atoms with van der Waals surface area (Å²) in [6.07, 6.45) is -0.832. The van der Waals surface area contributed by atoms with E-state index in [2.05, 4.69) is 19.6 Å². The molecule has 0 aliphatic rings. The molecule has 2 aromatic heterocycles. The summed E-state index contributed by atoms with van der Waals surface area (Å²) in [6, 6.07) is 6.60. The van der Waals surface area contributed by atoms with Gasteiger partial charge in [-0.15, -0.1) is 11.3 Å². The van der Waals surface area contributed by atoms with Gasteiger partial charge in [0.2, 0.25) is 5.82 Å². The van der Waals surface area contributed by atoms with Crippen LogP contribution < -0.4 is 0 Å². The monoisotopic (exact) mass is 323 g/mol. The molecule has 0 radical (unpaired) electrons. The SMILES string of the molecule is CC(F)(F)c1nc(-c2ccc(C(O)c3cscn3)cc2)no1. The smallest absolute Gasteiger partial charge is 0.322 e. The van der Waals surface area contributed by atoms with Crippen LogP contribution in [-0.2, 0) is 5.92 Å². The van der Waals surface area contributed by atoms with E-state index in [0.29, 0.717) is 23.7 Å². The van der Waals surface area contributed by atoms with Gasteiger partial charge < -0.3 is 9.63 Å². The quantitative estimate of drug-likeness (QED) is 0.797. The molecular weight excluding hydrogens is 312 g/mol. The van der Waals surface area contributed by atoms with Crippen LogP contribution in [0.5, 0.6) is 0 Å². The second kappa shape index (κ2) is 5.54. The Balaban J connectivity index is 1.84. The van der Waals surface area contributed by atoms with E-state index in [1.54, 1.807) is 35.2 Å². The number of hydrogen-bond donors (Lipinski definition) is 1. The molecule has 8 heteroatoms. The van der Waals surface area contributed by atoms with E-state index < -0.39 is 17.9 Å². The lowest BCUT2D eigenvalue weighted by Gasteiger charge is -2.08. The van der Waals surface area contributed by atoms with Crippen LogP contribution in [0.15, 0.2) is 39.7 Å². The maximum absolute atomic E-state index is 13.1. The van der Waals surface area contributed by atoms with Crippen molar-refractivity contribution in [1.29, 1.82) is 0 Å². The molecule has 1 atom stereocenters. The van der Waals surface area contributed by atoms with Crippen LogP contribution in [0.4, 0.5) is 8.78 Å². The van der Waals surface area contributed by atoms with Crippen molar-refractivity contribution in [3.8, 4) is 11.4 Å². The summed E-state index contributed by atoms with van der Waals surface area (Å²) >= 11 is 1.39. The van der Waals surface area contributed by atoms with Crippen LogP contribution in [0.3, 0.4) is 0 Å². The Morgan fingerprint density at radius 3 is 2.55 bits per heavy atom. The Kier molecular flexibility index (Phi) is 3.71. The molecule has 0 amide bonds. The third-order valence-electron chi connectivity index (χ3n) is 3.02. The van der Waals surface area contributed by atoms with Crippen molar-refractivity contribution in [2.24, 2.45) is 0 Å². The number of halogens is 2. The van der Waals surface area contributed by atoms with E-state index in [1.165, 1.54) is 11.3 Å². The van der Waals surface area contributed by atoms with E-state index in [4.69, 9.17) is 0 Å². The van der Waals surface area contributed by atoms with E-state index in [-0.39, 0.29) is 5.82 Å². The summed E-state index contributed by atoms with van der Waals surface area (Å²) in [4.78, 5) is 7.72. The molecule has 1 aromatic carbocycles. The minimum atomic E-state index is -3.17. The molecule has 0 saturated carbocycles. The number of rotatable bonds is 4. The lowest BCUT2D eigenvalue weighted by Crippen LogP contribution is -2.07. The van der Waals surface area contributed by atoms with E-state index >= 15 is 0 Å². The molecule has 1 N–H and O–H groups in total. The molecule has 3 rings (SSSR count). The number of hydrogen-bond acceptors (Lipinski definition) is 6. The van der Waals surface area contributed by atoms with Gasteiger partial charge in [0.05, 0.1) is 11.2 Å². The number of alkyl halides is 2. The van der Waals surface area contributed by atoms with Crippen molar-refractivity contribution in [3.05, 3.63) is 52.3 Å². The zero-order chi connectivity index (χ0) is 15.7. The van der Waals surface area contributed by atoms with Crippen LogP contribution in [-0.4, -0.2) is 20.2 Å². The van der Waals surface area contributed by atoms with Gasteiger partial charge in [-0.3, -0.25) is 0 Å². The van der Waals surface area contributed by atoms with Gasteiger partial charge in [0, 0.05) is 17.9 Å². The first-order chi connectivity index (χ1) is 10.4. The maximum Gasteiger partial charge on any atom is 0.322 e. The van der Waals surface area contributed by atoms with Gasteiger partial charge >= 0.3 is 5.92 Å². The zero-order valence-corrected chi connectivity index (χ0v) is 12.2. The van der Waals surface area contributed by atoms with E-state index in [1.807, 2.05) is 0 Å². The highest BCUT2D eigenvalue weighted by Crippen LogP contribution is 2.28. The summed E-state index contributed by atoms with van der Waals surface area (Å²) in [5.41, 5.74) is 3.36. The van der Waals surface area contributed by atoms with E-state index in [0.717, 1.165) is 0 Å². The summed E-state index contributed by atoms with van der Waals surface area (Å²) in [6.45, 7) is 0.692. The van der Waals surface area contributed by atoms with Crippen LogP contribution >= 0.6 is 11.3 Å². The van der Waals surface area contributed by atoms with Gasteiger partial charge in [-0.25, -0.2) is 4.98 Å². The first kappa shape index (κ1) is 14.7. The molecule has 2 heterocycles. The van der Waals surface area contributed by atoms with Crippen molar-refractivity contribution in [2.75, 3.05) is 0 Å². The predicted molar refractivity (Wildman–Crippen MR) is 75.5 cm³/mol. The molecule has 3 aromatic rings. The lowest BCUT2D eigenvalue weighted by atomic mass is 10.1. The second-order valence-electron chi connectivity index (χ2n) is 4.75. The predicted octanol–water partition coefficient (Wildman–Crippen LogP) is 3.39. The van der Waals surface area contributed by atoms with Gasteiger partial charge in [0.1, 0.15) is 6.10 Å². The molecule has 0 fully saturated rings. The second-order valence-corrected chi connectivity index (χ2v) is 5.47. The molecule has 0 aliphatic carbocycles. The highest BCUT2D eigenvalue weighted by Gasteiger charge is 2.32. The number of benzene rings is 1. The summed E-state index contributed by atoms with van der Waals surface area (Å²) in [7, 11) is 0. The minimum Gasteiger partial charge on any atom is -0.382 e. The van der Waals surface area contributed by atoms with Gasteiger partial charge in [-0.2, -0.15) is 13.8 Å². The van der Waals surface area contributed by atoms with Crippen molar-refractivity contribution in [1.82, 2.24) is 15.1 Å². The van der Waals surface area contributed by atoms with Crippen molar-refractivity contribution in [3.63, 3.8) is 0 Å². The van der Waals surface area contributed by atoms with Gasteiger partial charge in [-0.1, -0.05) is 29.4 Å². The fraction of sp³-hybridized carbons (Fsp3) is 0.214. The van der Waals surface area contributed by atoms with Crippen LogP contribution in [0.2, 0.25) is 0 Å². The fourth-order valence-electron chi connectivity index (χ4n) is 1.86. The highest BCUT2D eigenvalue weighted by atomic mass is 32.1. The van der Waals surface area contributed by atoms with Crippen LogP contribution in [0, 0.1) is 0 Å². The van der Waals surface area contributed by atoms with Gasteiger partial charge in [-0.05, 0) is 5.56 Å². The molecule has 0 spiro atoms. The maximum atomic E-state index is 13.1. The largest absolute Gasteiger partial charge is 0.382 e. The number of nitrogens with zero attached hydrogens (tertiary/aromatic N) is 3. The Bertz CT molecular complexity index is 751. The Labute approximate surface area is 128 Å². The summed E-state index contributed by atoms with van der Waals surface area (Å²) < 4.78 is 30.7. The van der Waals surface area contributed by atoms with Crippen molar-refractivity contribution >= 4 is 11.3 Å². The first-order valence-corrected chi connectivity index (χ1v) is 7.28. The molecular formula is C14H11F2N3O2S. The molecule has 0 bridgehead atoms. The third-order valence-corrected chi connectivity index (χ3v) is 3.62. The molecule has 5 nitrogen and oxygen atoms in total. The van der Waals surface area contributed by atoms with Crippen LogP contribution in [0.25, 0.3) is 11.4 Å². The fourth-order valence-corrected chi connectivity index (χ4v) is 2.43. The Hall–Kier alpha value is -2.19. The van der Waals surface area contributed by atoms with Gasteiger partial charge in [0.25, 0.3) is 5.89 Å². The van der Waals surface area contributed by atoms with E-state index in [9.17, 15) is 13.9 Å². The Morgan fingerprint density at radius 2 is 2.00 bits per heavy atom. The number of aliphatic hydroxyl groups is 1. The molecule has 22 heavy (non-hydrogen) atoms. The molecule has 1 unspecified atom stereocenters. The Morgan fingerprint density at radius 1 is 1.27 bits per heavy atom. The first-order valence-electron chi connectivity index (χ1n) is 6.33. The third kappa shape index (κ3) is 2.88. The van der Waals surface area contributed by atoms with Crippen LogP contribution in [0.1, 0.15) is 30.2 Å². The average Bonchev–Trinajstić information content (AvgIpc) is 3.17. The topological polar surface area (TPSA) is 72.0 Å². The minimum absolute atomic E-state index is 0.0752. The number of aliphatic hydroxyl groups excluding tert-OH is 1. The number of aromatic nitrogens is 3. The molecule has 0 saturated heterocycles. The zero-order valence-electron chi connectivity index (χ0n) is 11.4. The summed E-state index contributed by atoms with van der Waals surface area (Å²) in [5, 5.41) is 15.4. The number of thiazole rings is 1. The average molecular weight is 323 g/mol.